The second kappa shape index (κ2) is 5.85. The van der Waals surface area contributed by atoms with Crippen molar-refractivity contribution in [1.82, 2.24) is 0 Å². The molecule has 0 spiro atoms. The highest BCUT2D eigenvalue weighted by atomic mass is 35.5. The molecule has 0 fully saturated rings. The summed E-state index contributed by atoms with van der Waals surface area (Å²) in [5.74, 6) is 0.306. The van der Waals surface area contributed by atoms with Gasteiger partial charge in [0, 0.05) is 18.4 Å². The molecule has 1 aromatic rings. The van der Waals surface area contributed by atoms with Crippen molar-refractivity contribution >= 4 is 22.9 Å². The van der Waals surface area contributed by atoms with E-state index in [1.807, 2.05) is 26.0 Å². The molecular formula is C11H17ClO2S. The van der Waals surface area contributed by atoms with Crippen molar-refractivity contribution < 1.29 is 9.84 Å². The van der Waals surface area contributed by atoms with Crippen molar-refractivity contribution in [3.05, 3.63) is 21.3 Å². The molecular weight excluding hydrogens is 232 g/mol. The molecule has 1 aromatic heterocycles. The lowest BCUT2D eigenvalue weighted by Crippen LogP contribution is -2.34. The van der Waals surface area contributed by atoms with Crippen LogP contribution >= 0.6 is 22.9 Å². The van der Waals surface area contributed by atoms with E-state index in [0.717, 1.165) is 9.21 Å². The van der Waals surface area contributed by atoms with Gasteiger partial charge in [-0.25, -0.2) is 0 Å². The molecule has 0 bridgehead atoms. The Morgan fingerprint density at radius 2 is 2.13 bits per heavy atom. The van der Waals surface area contributed by atoms with Gasteiger partial charge in [0.1, 0.15) is 0 Å². The van der Waals surface area contributed by atoms with Gasteiger partial charge in [0.15, 0.2) is 0 Å². The maximum Gasteiger partial charge on any atom is 0.0931 e. The molecule has 1 heterocycles. The molecule has 0 saturated carbocycles. The Kier molecular flexibility index (Phi) is 5.06. The highest BCUT2D eigenvalue weighted by molar-refractivity contribution is 7.16. The Labute approximate surface area is 99.8 Å². The van der Waals surface area contributed by atoms with Crippen LogP contribution in [0.5, 0.6) is 0 Å². The molecule has 86 valence electrons. The first kappa shape index (κ1) is 13.0. The van der Waals surface area contributed by atoms with Gasteiger partial charge in [-0.15, -0.1) is 11.3 Å². The standard InChI is InChI=1S/C11H17ClO2S/c1-7(2)11(14-3)9(13)6-8-4-5-10(12)15-8/h4-5,7,9,11,13H,6H2,1-3H3. The van der Waals surface area contributed by atoms with Crippen molar-refractivity contribution in [2.75, 3.05) is 7.11 Å². The van der Waals surface area contributed by atoms with E-state index in [4.69, 9.17) is 16.3 Å². The molecule has 2 unspecified atom stereocenters. The Balaban J connectivity index is 2.57. The predicted molar refractivity (Wildman–Crippen MR) is 64.7 cm³/mol. The van der Waals surface area contributed by atoms with E-state index in [1.165, 1.54) is 11.3 Å². The summed E-state index contributed by atoms with van der Waals surface area (Å²) in [6, 6.07) is 3.80. The van der Waals surface area contributed by atoms with Crippen LogP contribution in [0.1, 0.15) is 18.7 Å². The first-order valence-electron chi connectivity index (χ1n) is 4.99. The van der Waals surface area contributed by atoms with E-state index in [1.54, 1.807) is 7.11 Å². The highest BCUT2D eigenvalue weighted by Gasteiger charge is 2.22. The van der Waals surface area contributed by atoms with Gasteiger partial charge in [0.05, 0.1) is 16.5 Å². The van der Waals surface area contributed by atoms with E-state index in [0.29, 0.717) is 12.3 Å². The summed E-state index contributed by atoms with van der Waals surface area (Å²) in [5.41, 5.74) is 0. The van der Waals surface area contributed by atoms with E-state index in [9.17, 15) is 5.11 Å². The highest BCUT2D eigenvalue weighted by Crippen LogP contribution is 2.24. The van der Waals surface area contributed by atoms with Gasteiger partial charge in [0.25, 0.3) is 0 Å². The predicted octanol–water partition coefficient (Wildman–Crippen LogP) is 2.98. The minimum Gasteiger partial charge on any atom is -0.390 e. The zero-order valence-corrected chi connectivity index (χ0v) is 10.8. The number of hydrogen-bond acceptors (Lipinski definition) is 3. The SMILES string of the molecule is COC(C(C)C)C(O)Cc1ccc(Cl)s1. The summed E-state index contributed by atoms with van der Waals surface area (Å²) in [6.45, 7) is 4.08. The Bertz CT molecular complexity index is 299. The van der Waals surface area contributed by atoms with Gasteiger partial charge in [-0.1, -0.05) is 25.4 Å². The van der Waals surface area contributed by atoms with Crippen LogP contribution in [0.25, 0.3) is 0 Å². The zero-order valence-electron chi connectivity index (χ0n) is 9.24. The average Bonchev–Trinajstić information content (AvgIpc) is 2.51. The fourth-order valence-corrected chi connectivity index (χ4v) is 2.79. The van der Waals surface area contributed by atoms with Crippen LogP contribution in [-0.2, 0) is 11.2 Å². The molecule has 4 heteroatoms. The summed E-state index contributed by atoms with van der Waals surface area (Å²) in [6.07, 6.45) is 0.0178. The van der Waals surface area contributed by atoms with E-state index in [2.05, 4.69) is 0 Å². The van der Waals surface area contributed by atoms with Crippen molar-refractivity contribution in [3.8, 4) is 0 Å². The summed E-state index contributed by atoms with van der Waals surface area (Å²) in [4.78, 5) is 1.09. The summed E-state index contributed by atoms with van der Waals surface area (Å²) in [7, 11) is 1.63. The molecule has 0 aliphatic carbocycles. The largest absolute Gasteiger partial charge is 0.390 e. The van der Waals surface area contributed by atoms with Crippen LogP contribution < -0.4 is 0 Å². The van der Waals surface area contributed by atoms with Gasteiger partial charge in [0.2, 0.25) is 0 Å². The molecule has 0 amide bonds. The van der Waals surface area contributed by atoms with Crippen LogP contribution in [0, 0.1) is 5.92 Å². The molecule has 2 atom stereocenters. The van der Waals surface area contributed by atoms with Crippen molar-refractivity contribution in [2.24, 2.45) is 5.92 Å². The molecule has 0 aromatic carbocycles. The Morgan fingerprint density at radius 1 is 1.47 bits per heavy atom. The van der Waals surface area contributed by atoms with Crippen LogP contribution in [-0.4, -0.2) is 24.4 Å². The summed E-state index contributed by atoms with van der Waals surface area (Å²) < 4.78 is 6.03. The molecule has 0 saturated heterocycles. The van der Waals surface area contributed by atoms with Crippen LogP contribution in [0.3, 0.4) is 0 Å². The van der Waals surface area contributed by atoms with Gasteiger partial charge < -0.3 is 9.84 Å². The third kappa shape index (κ3) is 3.76. The second-order valence-corrected chi connectivity index (χ2v) is 5.72. The number of methoxy groups -OCH3 is 1. The van der Waals surface area contributed by atoms with Crippen molar-refractivity contribution in [3.63, 3.8) is 0 Å². The van der Waals surface area contributed by atoms with Gasteiger partial charge >= 0.3 is 0 Å². The zero-order chi connectivity index (χ0) is 11.4. The number of rotatable bonds is 5. The lowest BCUT2D eigenvalue weighted by atomic mass is 9.99. The van der Waals surface area contributed by atoms with E-state index in [-0.39, 0.29) is 6.10 Å². The second-order valence-electron chi connectivity index (χ2n) is 3.92. The molecule has 1 rings (SSSR count). The smallest absolute Gasteiger partial charge is 0.0931 e. The molecule has 0 radical (unpaired) electrons. The fraction of sp³-hybridized carbons (Fsp3) is 0.636. The van der Waals surface area contributed by atoms with Gasteiger partial charge in [-0.05, 0) is 18.1 Å². The number of aliphatic hydroxyl groups is 1. The number of aliphatic hydroxyl groups excluding tert-OH is 1. The van der Waals surface area contributed by atoms with Crippen LogP contribution in [0.2, 0.25) is 4.34 Å². The first-order chi connectivity index (χ1) is 7.04. The Hall–Kier alpha value is -0.0900. The normalized spacial score (nSPS) is 15.6. The third-order valence-electron chi connectivity index (χ3n) is 2.35. The molecule has 0 aliphatic heterocycles. The topological polar surface area (TPSA) is 29.5 Å². The number of ether oxygens (including phenoxy) is 1. The van der Waals surface area contributed by atoms with Crippen molar-refractivity contribution in [2.45, 2.75) is 32.5 Å². The molecule has 1 N–H and O–H groups in total. The Morgan fingerprint density at radius 3 is 2.53 bits per heavy atom. The maximum atomic E-state index is 9.98. The van der Waals surface area contributed by atoms with Crippen LogP contribution in [0.15, 0.2) is 12.1 Å². The van der Waals surface area contributed by atoms with Crippen LogP contribution in [0.4, 0.5) is 0 Å². The minimum atomic E-state index is -0.468. The quantitative estimate of drug-likeness (QED) is 0.868. The molecule has 0 aliphatic rings. The monoisotopic (exact) mass is 248 g/mol. The fourth-order valence-electron chi connectivity index (χ4n) is 1.66. The van der Waals surface area contributed by atoms with E-state index >= 15 is 0 Å². The first-order valence-corrected chi connectivity index (χ1v) is 6.19. The molecule has 2 nitrogen and oxygen atoms in total. The number of thiophene rings is 1. The third-order valence-corrected chi connectivity index (χ3v) is 3.60. The lowest BCUT2D eigenvalue weighted by molar-refractivity contribution is -0.0364. The van der Waals surface area contributed by atoms with Gasteiger partial charge in [-0.2, -0.15) is 0 Å². The van der Waals surface area contributed by atoms with Crippen molar-refractivity contribution in [1.29, 1.82) is 0 Å². The summed E-state index contributed by atoms with van der Waals surface area (Å²) in [5, 5.41) is 9.98. The molecule has 15 heavy (non-hydrogen) atoms. The maximum absolute atomic E-state index is 9.98. The lowest BCUT2D eigenvalue weighted by Gasteiger charge is -2.24. The summed E-state index contributed by atoms with van der Waals surface area (Å²) >= 11 is 7.33. The minimum absolute atomic E-state index is 0.120. The number of halogens is 1. The van der Waals surface area contributed by atoms with Gasteiger partial charge in [-0.3, -0.25) is 0 Å². The number of hydrogen-bond donors (Lipinski definition) is 1. The van der Waals surface area contributed by atoms with E-state index < -0.39 is 6.10 Å². The average molecular weight is 249 g/mol.